The Hall–Kier alpha value is -2.26. The summed E-state index contributed by atoms with van der Waals surface area (Å²) in [4.78, 5) is 35.2. The zero-order valence-electron chi connectivity index (χ0n) is 26.3. The fraction of sp³-hybridized carbons (Fsp3) is 0.848. The molecule has 11 atom stereocenters. The van der Waals surface area contributed by atoms with E-state index in [1.54, 1.807) is 6.92 Å². The zero-order chi connectivity index (χ0) is 31.5. The number of rotatable bonds is 7. The summed E-state index contributed by atoms with van der Waals surface area (Å²) in [6.07, 6.45) is 2.47. The summed E-state index contributed by atoms with van der Waals surface area (Å²) < 4.78 is 60.4. The van der Waals surface area contributed by atoms with E-state index in [9.17, 15) is 27.6 Å². The smallest absolute Gasteiger partial charge is 0.490 e. The van der Waals surface area contributed by atoms with Crippen LogP contribution in [0, 0.1) is 46.3 Å². The van der Waals surface area contributed by atoms with Gasteiger partial charge in [-0.1, -0.05) is 20.8 Å². The molecule has 1 aliphatic heterocycles. The minimum atomic E-state index is -4.99. The van der Waals surface area contributed by atoms with Crippen molar-refractivity contribution in [2.24, 2.45) is 46.3 Å². The van der Waals surface area contributed by atoms with Crippen molar-refractivity contribution in [2.45, 2.75) is 124 Å². The number of allylic oxidation sites excluding steroid dienone is 1. The average Bonchev–Trinajstić information content (AvgIpc) is 3.39. The van der Waals surface area contributed by atoms with E-state index >= 15 is 0 Å². The number of hydrogen-bond donors (Lipinski definition) is 0. The Kier molecular flexibility index (Phi) is 8.66. The Labute approximate surface area is 252 Å². The monoisotopic (exact) mass is 612 g/mol. The lowest BCUT2D eigenvalue weighted by atomic mass is 9.44. The van der Waals surface area contributed by atoms with Crippen molar-refractivity contribution in [3.8, 4) is 0 Å². The van der Waals surface area contributed by atoms with Crippen LogP contribution in [0.15, 0.2) is 11.3 Å². The second-order valence-corrected chi connectivity index (χ2v) is 14.6. The van der Waals surface area contributed by atoms with Gasteiger partial charge in [0.25, 0.3) is 0 Å². The normalized spacial score (nSPS) is 40.8. The highest BCUT2D eigenvalue weighted by Crippen LogP contribution is 2.70. The molecule has 7 nitrogen and oxygen atoms in total. The summed E-state index contributed by atoms with van der Waals surface area (Å²) >= 11 is 0. The number of carbonyl (C=O) groups excluding carboxylic acids is 3. The van der Waals surface area contributed by atoms with Gasteiger partial charge in [-0.3, -0.25) is 9.59 Å². The molecule has 0 saturated heterocycles. The van der Waals surface area contributed by atoms with Gasteiger partial charge in [0.05, 0.1) is 12.4 Å². The van der Waals surface area contributed by atoms with Gasteiger partial charge in [0.1, 0.15) is 18.3 Å². The van der Waals surface area contributed by atoms with E-state index in [1.165, 1.54) is 13.8 Å². The van der Waals surface area contributed by atoms with Crippen LogP contribution < -0.4 is 0 Å². The Morgan fingerprint density at radius 1 is 1.00 bits per heavy atom. The number of halogens is 3. The molecule has 4 fully saturated rings. The molecule has 5 aliphatic rings. The van der Waals surface area contributed by atoms with Gasteiger partial charge < -0.3 is 18.9 Å². The molecular formula is C33H47F3O7. The Balaban J connectivity index is 1.33. The third-order valence-corrected chi connectivity index (χ3v) is 12.1. The largest absolute Gasteiger partial charge is 0.494 e. The van der Waals surface area contributed by atoms with E-state index in [2.05, 4.69) is 25.5 Å². The minimum Gasteiger partial charge on any atom is -0.494 e. The second-order valence-electron chi connectivity index (χ2n) is 14.6. The third kappa shape index (κ3) is 5.81. The molecule has 0 aromatic rings. The van der Waals surface area contributed by atoms with E-state index < -0.39 is 12.1 Å². The molecule has 242 valence electrons. The van der Waals surface area contributed by atoms with E-state index in [0.29, 0.717) is 36.5 Å². The standard InChI is InChI=1S/C33H47F3O7/c1-17(16-40-30(39)33(34,35)36)7-10-26-18(2)29-27(43-26)14-25-23-9-8-21-13-22(41-19(3)37)11-12-31(21,5)24(23)15-28(32(25,29)6)42-20(4)38/h17,21-25,27-29H,7-16H2,1-6H3/t17-,21+,22+,23-,24+,25+,27+,28-,29+,31+,32-/m1/s1. The van der Waals surface area contributed by atoms with Crippen molar-refractivity contribution >= 4 is 17.9 Å². The molecular weight excluding hydrogens is 565 g/mol. The third-order valence-electron chi connectivity index (χ3n) is 12.1. The fourth-order valence-electron chi connectivity index (χ4n) is 10.2. The van der Waals surface area contributed by atoms with Crippen molar-refractivity contribution in [1.29, 1.82) is 0 Å². The molecule has 0 spiro atoms. The summed E-state index contributed by atoms with van der Waals surface area (Å²) in [6.45, 7) is 11.2. The van der Waals surface area contributed by atoms with Gasteiger partial charge in [0, 0.05) is 31.6 Å². The van der Waals surface area contributed by atoms with Crippen LogP contribution in [0.3, 0.4) is 0 Å². The number of ether oxygens (including phenoxy) is 4. The van der Waals surface area contributed by atoms with Crippen LogP contribution in [-0.4, -0.2) is 49.0 Å². The number of esters is 3. The average molecular weight is 613 g/mol. The highest BCUT2D eigenvalue weighted by molar-refractivity contribution is 5.75. The van der Waals surface area contributed by atoms with Crippen molar-refractivity contribution in [3.05, 3.63) is 11.3 Å². The zero-order valence-corrected chi connectivity index (χ0v) is 26.3. The van der Waals surface area contributed by atoms with Crippen molar-refractivity contribution in [3.63, 3.8) is 0 Å². The first-order chi connectivity index (χ1) is 20.1. The number of hydrogen-bond acceptors (Lipinski definition) is 7. The first-order valence-electron chi connectivity index (χ1n) is 16.0. The first-order valence-corrected chi connectivity index (χ1v) is 16.0. The van der Waals surface area contributed by atoms with Crippen LogP contribution in [0.25, 0.3) is 0 Å². The van der Waals surface area contributed by atoms with Crippen molar-refractivity contribution in [1.82, 2.24) is 0 Å². The summed E-state index contributed by atoms with van der Waals surface area (Å²) in [7, 11) is 0. The van der Waals surface area contributed by atoms with Crippen LogP contribution in [0.4, 0.5) is 13.2 Å². The predicted molar refractivity (Wildman–Crippen MR) is 150 cm³/mol. The summed E-state index contributed by atoms with van der Waals surface area (Å²) in [6, 6.07) is 0. The van der Waals surface area contributed by atoms with E-state index in [0.717, 1.165) is 56.3 Å². The molecule has 0 radical (unpaired) electrons. The van der Waals surface area contributed by atoms with Gasteiger partial charge in [-0.2, -0.15) is 13.2 Å². The Bertz CT molecular complexity index is 1150. The maximum atomic E-state index is 12.5. The van der Waals surface area contributed by atoms with Gasteiger partial charge in [-0.25, -0.2) is 4.79 Å². The van der Waals surface area contributed by atoms with Crippen LogP contribution >= 0.6 is 0 Å². The van der Waals surface area contributed by atoms with Gasteiger partial charge in [0.2, 0.25) is 0 Å². The summed E-state index contributed by atoms with van der Waals surface area (Å²) in [5, 5.41) is 0. The van der Waals surface area contributed by atoms with Gasteiger partial charge in [-0.15, -0.1) is 0 Å². The lowest BCUT2D eigenvalue weighted by Crippen LogP contribution is -2.59. The predicted octanol–water partition coefficient (Wildman–Crippen LogP) is 6.92. The molecule has 10 heteroatoms. The van der Waals surface area contributed by atoms with Crippen LogP contribution in [-0.2, 0) is 33.3 Å². The van der Waals surface area contributed by atoms with Crippen LogP contribution in [0.1, 0.15) is 99.3 Å². The van der Waals surface area contributed by atoms with Gasteiger partial charge in [0.15, 0.2) is 0 Å². The highest BCUT2D eigenvalue weighted by Gasteiger charge is 2.68. The lowest BCUT2D eigenvalue weighted by Gasteiger charge is -2.62. The molecule has 5 rings (SSSR count). The van der Waals surface area contributed by atoms with E-state index in [-0.39, 0.29) is 59.5 Å². The molecule has 0 N–H and O–H groups in total. The number of carbonyl (C=O) groups is 3. The van der Waals surface area contributed by atoms with Crippen molar-refractivity contribution < 1.29 is 46.5 Å². The summed E-state index contributed by atoms with van der Waals surface area (Å²) in [5.74, 6) is -0.219. The van der Waals surface area contributed by atoms with E-state index in [4.69, 9.17) is 14.2 Å². The lowest BCUT2D eigenvalue weighted by molar-refractivity contribution is -0.200. The fourth-order valence-corrected chi connectivity index (χ4v) is 10.2. The van der Waals surface area contributed by atoms with Crippen LogP contribution in [0.5, 0.6) is 0 Å². The number of alkyl halides is 3. The Morgan fingerprint density at radius 3 is 2.35 bits per heavy atom. The quantitative estimate of drug-likeness (QED) is 0.228. The Morgan fingerprint density at radius 2 is 1.70 bits per heavy atom. The van der Waals surface area contributed by atoms with Gasteiger partial charge in [-0.05, 0) is 98.9 Å². The molecule has 4 saturated carbocycles. The topological polar surface area (TPSA) is 88.1 Å². The molecule has 4 aliphatic carbocycles. The molecule has 0 amide bonds. The number of fused-ring (bicyclic) bond motifs is 7. The van der Waals surface area contributed by atoms with Gasteiger partial charge >= 0.3 is 24.1 Å². The molecule has 0 aromatic heterocycles. The molecule has 43 heavy (non-hydrogen) atoms. The van der Waals surface area contributed by atoms with Crippen LogP contribution in [0.2, 0.25) is 0 Å². The first kappa shape index (κ1) is 32.1. The summed E-state index contributed by atoms with van der Waals surface area (Å²) in [5.41, 5.74) is 0.960. The molecule has 0 aromatic carbocycles. The molecule has 0 bridgehead atoms. The SMILES string of the molecule is CC(=O)O[C@H]1CC[C@@]2(C)[C@@H](CC[C@@H]3[C@@H]2C[C@@H](OC(C)=O)[C@@]2(C)[C@H]3C[C@@H]3OC(CC[C@@H](C)COC(=O)C(F)(F)F)=C(C)[C@@H]32)C1. The highest BCUT2D eigenvalue weighted by atomic mass is 19.4. The maximum absolute atomic E-state index is 12.5. The van der Waals surface area contributed by atoms with E-state index in [1.807, 2.05) is 0 Å². The second kappa shape index (κ2) is 11.6. The molecule has 0 unspecified atom stereocenters. The van der Waals surface area contributed by atoms with Crippen molar-refractivity contribution in [2.75, 3.05) is 6.61 Å². The molecule has 1 heterocycles. The maximum Gasteiger partial charge on any atom is 0.490 e. The minimum absolute atomic E-state index is 0.0184.